The number of aromatic nitrogens is 1. The zero-order valence-corrected chi connectivity index (χ0v) is 10.8. The lowest BCUT2D eigenvalue weighted by Crippen LogP contribution is -1.98. The number of anilines is 1. The molecular formula is C12H13ClN2OS. The van der Waals surface area contributed by atoms with Crippen molar-refractivity contribution in [1.29, 1.82) is 0 Å². The molecule has 0 bridgehead atoms. The van der Waals surface area contributed by atoms with Gasteiger partial charge in [0.1, 0.15) is 0 Å². The molecule has 0 saturated heterocycles. The van der Waals surface area contributed by atoms with Crippen LogP contribution >= 0.6 is 22.9 Å². The molecule has 0 aliphatic heterocycles. The van der Waals surface area contributed by atoms with Crippen LogP contribution in [0, 0.1) is 0 Å². The van der Waals surface area contributed by atoms with Gasteiger partial charge in [-0.2, -0.15) is 0 Å². The van der Waals surface area contributed by atoms with Gasteiger partial charge >= 0.3 is 0 Å². The van der Waals surface area contributed by atoms with E-state index in [0.29, 0.717) is 10.9 Å². The number of aliphatic hydroxyl groups is 1. The van der Waals surface area contributed by atoms with Crippen molar-refractivity contribution < 1.29 is 5.11 Å². The van der Waals surface area contributed by atoms with Gasteiger partial charge in [-0.1, -0.05) is 23.7 Å². The molecule has 0 aliphatic carbocycles. The van der Waals surface area contributed by atoms with E-state index in [1.807, 2.05) is 24.3 Å². The van der Waals surface area contributed by atoms with Crippen molar-refractivity contribution in [3.63, 3.8) is 0 Å². The van der Waals surface area contributed by atoms with Gasteiger partial charge in [-0.25, -0.2) is 4.98 Å². The third kappa shape index (κ3) is 3.70. The number of hydrogen-bond acceptors (Lipinski definition) is 4. The molecule has 5 heteroatoms. The van der Waals surface area contributed by atoms with Crippen molar-refractivity contribution in [3.05, 3.63) is 45.4 Å². The van der Waals surface area contributed by atoms with Gasteiger partial charge < -0.3 is 10.4 Å². The molecule has 90 valence electrons. The minimum Gasteiger partial charge on any atom is -0.396 e. The number of nitrogens with zero attached hydrogens (tertiary/aromatic N) is 1. The van der Waals surface area contributed by atoms with Crippen molar-refractivity contribution >= 4 is 28.6 Å². The smallest absolute Gasteiger partial charge is 0.183 e. The minimum absolute atomic E-state index is 0.187. The Balaban J connectivity index is 1.90. The van der Waals surface area contributed by atoms with E-state index >= 15 is 0 Å². The predicted octanol–water partition coefficient (Wildman–Crippen LogP) is 2.94. The van der Waals surface area contributed by atoms with Crippen molar-refractivity contribution in [2.24, 2.45) is 0 Å². The van der Waals surface area contributed by atoms with E-state index in [-0.39, 0.29) is 6.61 Å². The maximum absolute atomic E-state index is 8.81. The molecule has 0 unspecified atom stereocenters. The number of aliphatic hydroxyl groups excluding tert-OH is 1. The van der Waals surface area contributed by atoms with E-state index in [4.69, 9.17) is 16.7 Å². The van der Waals surface area contributed by atoms with Crippen LogP contribution in [0.15, 0.2) is 30.5 Å². The highest BCUT2D eigenvalue weighted by Gasteiger charge is 1.99. The molecule has 1 aromatic carbocycles. The summed E-state index contributed by atoms with van der Waals surface area (Å²) in [5.74, 6) is 0. The highest BCUT2D eigenvalue weighted by Crippen LogP contribution is 2.19. The second-order valence-corrected chi connectivity index (χ2v) is 5.30. The fourth-order valence-corrected chi connectivity index (χ4v) is 2.39. The van der Waals surface area contributed by atoms with Crippen LogP contribution in [0.5, 0.6) is 0 Å². The number of thiazole rings is 1. The number of benzene rings is 1. The quantitative estimate of drug-likeness (QED) is 0.876. The van der Waals surface area contributed by atoms with E-state index in [0.717, 1.165) is 22.7 Å². The predicted molar refractivity (Wildman–Crippen MR) is 71.7 cm³/mol. The fraction of sp³-hybridized carbons (Fsp3) is 0.250. The summed E-state index contributed by atoms with van der Waals surface area (Å²) in [6, 6.07) is 8.04. The lowest BCUT2D eigenvalue weighted by molar-refractivity contribution is 0.299. The molecule has 1 heterocycles. The Morgan fingerprint density at radius 2 is 2.06 bits per heavy atom. The molecule has 0 spiro atoms. The number of nitrogens with one attached hydrogen (secondary N) is 1. The number of rotatable bonds is 5. The van der Waals surface area contributed by atoms with Gasteiger partial charge in [-0.05, 0) is 24.1 Å². The van der Waals surface area contributed by atoms with Crippen molar-refractivity contribution in [2.75, 3.05) is 11.9 Å². The van der Waals surface area contributed by atoms with Crippen LogP contribution in [0.1, 0.15) is 10.4 Å². The molecular weight excluding hydrogens is 256 g/mol. The fourth-order valence-electron chi connectivity index (χ4n) is 1.47. The standard InChI is InChI=1S/C12H13ClN2OS/c13-12-15-8-11(17-12)7-14-10-3-1-9(2-4-10)5-6-16/h1-4,8,14,16H,5-7H2. The lowest BCUT2D eigenvalue weighted by atomic mass is 10.1. The molecule has 0 amide bonds. The molecule has 3 nitrogen and oxygen atoms in total. The first-order valence-electron chi connectivity index (χ1n) is 5.32. The SMILES string of the molecule is OCCc1ccc(NCc2cnc(Cl)s2)cc1. The Morgan fingerprint density at radius 3 is 2.65 bits per heavy atom. The van der Waals surface area contributed by atoms with Gasteiger partial charge in [-0.15, -0.1) is 11.3 Å². The van der Waals surface area contributed by atoms with Crippen molar-refractivity contribution in [3.8, 4) is 0 Å². The molecule has 2 aromatic rings. The number of halogens is 1. The maximum atomic E-state index is 8.81. The van der Waals surface area contributed by atoms with Gasteiger partial charge in [0.2, 0.25) is 0 Å². The van der Waals surface area contributed by atoms with E-state index in [1.54, 1.807) is 6.20 Å². The van der Waals surface area contributed by atoms with E-state index in [2.05, 4.69) is 10.3 Å². The zero-order chi connectivity index (χ0) is 12.1. The van der Waals surface area contributed by atoms with E-state index < -0.39 is 0 Å². The molecule has 17 heavy (non-hydrogen) atoms. The summed E-state index contributed by atoms with van der Waals surface area (Å²) in [6.07, 6.45) is 2.48. The van der Waals surface area contributed by atoms with E-state index in [9.17, 15) is 0 Å². The van der Waals surface area contributed by atoms with Crippen LogP contribution in [-0.2, 0) is 13.0 Å². The zero-order valence-electron chi connectivity index (χ0n) is 9.19. The Labute approximate surface area is 109 Å². The normalized spacial score (nSPS) is 10.5. The topological polar surface area (TPSA) is 45.1 Å². The van der Waals surface area contributed by atoms with Crippen LogP contribution in [0.3, 0.4) is 0 Å². The first-order chi connectivity index (χ1) is 8.28. The first kappa shape index (κ1) is 12.4. The van der Waals surface area contributed by atoms with Crippen molar-refractivity contribution in [1.82, 2.24) is 4.98 Å². The molecule has 0 fully saturated rings. The Hall–Kier alpha value is -1.10. The van der Waals surface area contributed by atoms with Crippen LogP contribution in [0.25, 0.3) is 0 Å². The highest BCUT2D eigenvalue weighted by molar-refractivity contribution is 7.15. The second-order valence-electron chi connectivity index (χ2n) is 3.60. The van der Waals surface area contributed by atoms with Gasteiger partial charge in [-0.3, -0.25) is 0 Å². The highest BCUT2D eigenvalue weighted by atomic mass is 35.5. The summed E-state index contributed by atoms with van der Waals surface area (Å²) in [6.45, 7) is 0.913. The molecule has 2 N–H and O–H groups in total. The monoisotopic (exact) mass is 268 g/mol. The van der Waals surface area contributed by atoms with Gasteiger partial charge in [0.15, 0.2) is 4.47 Å². The molecule has 2 rings (SSSR count). The summed E-state index contributed by atoms with van der Waals surface area (Å²) < 4.78 is 0.570. The van der Waals surface area contributed by atoms with Crippen LogP contribution in [0.2, 0.25) is 4.47 Å². The third-order valence-corrected chi connectivity index (χ3v) is 3.46. The summed E-state index contributed by atoms with van der Waals surface area (Å²) in [5.41, 5.74) is 2.19. The first-order valence-corrected chi connectivity index (χ1v) is 6.51. The van der Waals surface area contributed by atoms with Crippen LogP contribution < -0.4 is 5.32 Å². The Bertz CT molecular complexity index is 470. The Morgan fingerprint density at radius 1 is 1.29 bits per heavy atom. The number of hydrogen-bond donors (Lipinski definition) is 2. The molecule has 1 aromatic heterocycles. The summed E-state index contributed by atoms with van der Waals surface area (Å²) in [7, 11) is 0. The summed E-state index contributed by atoms with van der Waals surface area (Å²) >= 11 is 7.23. The lowest BCUT2D eigenvalue weighted by Gasteiger charge is -2.05. The van der Waals surface area contributed by atoms with Crippen molar-refractivity contribution in [2.45, 2.75) is 13.0 Å². The molecule has 0 aliphatic rings. The average molecular weight is 269 g/mol. The summed E-state index contributed by atoms with van der Waals surface area (Å²) in [5, 5.41) is 12.1. The minimum atomic E-state index is 0.187. The maximum Gasteiger partial charge on any atom is 0.183 e. The largest absolute Gasteiger partial charge is 0.396 e. The Kier molecular flexibility index (Phi) is 4.36. The average Bonchev–Trinajstić information content (AvgIpc) is 2.75. The van der Waals surface area contributed by atoms with Crippen LogP contribution in [0.4, 0.5) is 5.69 Å². The van der Waals surface area contributed by atoms with Crippen LogP contribution in [-0.4, -0.2) is 16.7 Å². The van der Waals surface area contributed by atoms with Gasteiger partial charge in [0, 0.05) is 23.4 Å². The molecule has 0 radical (unpaired) electrons. The second kappa shape index (κ2) is 6.00. The molecule has 0 atom stereocenters. The van der Waals surface area contributed by atoms with E-state index in [1.165, 1.54) is 11.3 Å². The van der Waals surface area contributed by atoms with Gasteiger partial charge in [0.05, 0.1) is 6.54 Å². The van der Waals surface area contributed by atoms with Gasteiger partial charge in [0.25, 0.3) is 0 Å². The molecule has 0 saturated carbocycles. The third-order valence-electron chi connectivity index (χ3n) is 2.35. The summed E-state index contributed by atoms with van der Waals surface area (Å²) in [4.78, 5) is 5.09.